The molecule has 6 heteroatoms. The predicted octanol–water partition coefficient (Wildman–Crippen LogP) is 7.63. The minimum Gasteiger partial charge on any atom is -0.462 e. The van der Waals surface area contributed by atoms with Gasteiger partial charge in [-0.25, -0.2) is 14.0 Å². The smallest absolute Gasteiger partial charge is 0.339 e. The molecule has 0 unspecified atom stereocenters. The normalized spacial score (nSPS) is 10.7. The number of carbonyl (C=O) groups is 2. The second kappa shape index (κ2) is 14.8. The summed E-state index contributed by atoms with van der Waals surface area (Å²) >= 11 is 3.31. The Morgan fingerprint density at radius 1 is 0.812 bits per heavy atom. The quantitative estimate of drug-likeness (QED) is 0.195. The lowest BCUT2D eigenvalue weighted by atomic mass is 10.1. The molecule has 32 heavy (non-hydrogen) atoms. The van der Waals surface area contributed by atoms with Crippen molar-refractivity contribution in [3.63, 3.8) is 0 Å². The lowest BCUT2D eigenvalue weighted by Gasteiger charge is -2.11. The van der Waals surface area contributed by atoms with Crippen LogP contribution in [-0.2, 0) is 16.1 Å². The third kappa shape index (κ3) is 9.11. The van der Waals surface area contributed by atoms with Gasteiger partial charge in [0, 0.05) is 10.0 Å². The van der Waals surface area contributed by atoms with E-state index in [-0.39, 0.29) is 17.7 Å². The van der Waals surface area contributed by atoms with Crippen molar-refractivity contribution in [2.75, 3.05) is 6.61 Å². The lowest BCUT2D eigenvalue weighted by molar-refractivity contribution is 0.0435. The van der Waals surface area contributed by atoms with Crippen LogP contribution in [0.3, 0.4) is 0 Å². The molecular weight excluding hydrogens is 475 g/mol. The van der Waals surface area contributed by atoms with Crippen LogP contribution in [0.5, 0.6) is 0 Å². The second-order valence-electron chi connectivity index (χ2n) is 7.82. The van der Waals surface area contributed by atoms with Crippen LogP contribution in [0.25, 0.3) is 0 Å². The molecule has 0 amide bonds. The Balaban J connectivity index is 1.77. The molecule has 0 radical (unpaired) electrons. The van der Waals surface area contributed by atoms with E-state index < -0.39 is 17.8 Å². The number of rotatable bonds is 14. The summed E-state index contributed by atoms with van der Waals surface area (Å²) in [5.41, 5.74) is 0.813. The lowest BCUT2D eigenvalue weighted by Crippen LogP contribution is -2.14. The molecule has 0 saturated carbocycles. The van der Waals surface area contributed by atoms with Gasteiger partial charge in [-0.1, -0.05) is 86.4 Å². The summed E-state index contributed by atoms with van der Waals surface area (Å²) in [5.74, 6) is -1.61. The van der Waals surface area contributed by atoms with Gasteiger partial charge in [0.1, 0.15) is 12.4 Å². The Kier molecular flexibility index (Phi) is 12.0. The molecule has 2 aromatic carbocycles. The van der Waals surface area contributed by atoms with E-state index in [0.717, 1.165) is 19.3 Å². The predicted molar refractivity (Wildman–Crippen MR) is 127 cm³/mol. The Hall–Kier alpha value is -2.21. The number of hydrogen-bond acceptors (Lipinski definition) is 4. The van der Waals surface area contributed by atoms with Crippen LogP contribution >= 0.6 is 15.9 Å². The van der Waals surface area contributed by atoms with E-state index in [1.165, 1.54) is 56.7 Å². The minimum atomic E-state index is -0.656. The molecule has 2 aromatic rings. The monoisotopic (exact) mass is 506 g/mol. The summed E-state index contributed by atoms with van der Waals surface area (Å²) in [4.78, 5) is 25.0. The van der Waals surface area contributed by atoms with E-state index in [4.69, 9.17) is 9.47 Å². The number of carbonyl (C=O) groups excluding carboxylic acids is 2. The van der Waals surface area contributed by atoms with E-state index in [1.807, 2.05) is 0 Å². The van der Waals surface area contributed by atoms with Gasteiger partial charge in [-0.2, -0.15) is 0 Å². The second-order valence-corrected chi connectivity index (χ2v) is 8.68. The number of halogens is 2. The summed E-state index contributed by atoms with van der Waals surface area (Å²) < 4.78 is 24.7. The van der Waals surface area contributed by atoms with Gasteiger partial charge in [0.2, 0.25) is 0 Å². The maximum atomic E-state index is 13.4. The van der Waals surface area contributed by atoms with Crippen LogP contribution in [0.15, 0.2) is 46.9 Å². The van der Waals surface area contributed by atoms with Crippen molar-refractivity contribution in [3.05, 3.63) is 69.4 Å². The molecule has 4 nitrogen and oxygen atoms in total. The van der Waals surface area contributed by atoms with Crippen molar-refractivity contribution in [1.29, 1.82) is 0 Å². The molecule has 0 aliphatic carbocycles. The zero-order valence-electron chi connectivity index (χ0n) is 18.7. The zero-order chi connectivity index (χ0) is 23.2. The molecule has 0 aliphatic heterocycles. The van der Waals surface area contributed by atoms with Crippen LogP contribution in [0, 0.1) is 5.82 Å². The van der Waals surface area contributed by atoms with Crippen LogP contribution in [0.1, 0.15) is 91.0 Å². The maximum Gasteiger partial charge on any atom is 0.339 e. The molecule has 0 aromatic heterocycles. The standard InChI is InChI=1S/C26H32BrFO4/c1-2-3-4-5-6-7-8-9-12-17-31-25(29)22-13-10-11-14-23(22)26(30)32-19-20-18-21(28)15-16-24(20)27/h10-11,13-16,18H,2-9,12,17,19H2,1H3. The van der Waals surface area contributed by atoms with Gasteiger partial charge < -0.3 is 9.47 Å². The molecule has 0 fully saturated rings. The minimum absolute atomic E-state index is 0.112. The fourth-order valence-corrected chi connectivity index (χ4v) is 3.73. The fourth-order valence-electron chi connectivity index (χ4n) is 3.37. The highest BCUT2D eigenvalue weighted by Gasteiger charge is 2.19. The van der Waals surface area contributed by atoms with Crippen molar-refractivity contribution in [2.45, 2.75) is 71.3 Å². The number of benzene rings is 2. The molecule has 0 spiro atoms. The third-order valence-electron chi connectivity index (χ3n) is 5.21. The average molecular weight is 507 g/mol. The van der Waals surface area contributed by atoms with Crippen molar-refractivity contribution >= 4 is 27.9 Å². The number of unbranched alkanes of at least 4 members (excludes halogenated alkanes) is 8. The Morgan fingerprint density at radius 2 is 1.38 bits per heavy atom. The summed E-state index contributed by atoms with van der Waals surface area (Å²) in [6.07, 6.45) is 10.6. The van der Waals surface area contributed by atoms with Gasteiger partial charge >= 0.3 is 11.9 Å². The van der Waals surface area contributed by atoms with Gasteiger partial charge in [-0.15, -0.1) is 0 Å². The van der Waals surface area contributed by atoms with E-state index in [0.29, 0.717) is 16.6 Å². The van der Waals surface area contributed by atoms with Crippen LogP contribution < -0.4 is 0 Å². The first-order valence-electron chi connectivity index (χ1n) is 11.4. The van der Waals surface area contributed by atoms with Crippen LogP contribution in [-0.4, -0.2) is 18.5 Å². The maximum absolute atomic E-state index is 13.4. The Morgan fingerprint density at radius 3 is 2.00 bits per heavy atom. The van der Waals surface area contributed by atoms with Crippen molar-refractivity contribution in [2.24, 2.45) is 0 Å². The highest BCUT2D eigenvalue weighted by Crippen LogP contribution is 2.20. The molecule has 0 saturated heterocycles. The summed E-state index contributed by atoms with van der Waals surface area (Å²) in [6, 6.07) is 10.6. The first-order chi connectivity index (χ1) is 15.5. The molecule has 0 heterocycles. The number of esters is 2. The summed E-state index contributed by atoms with van der Waals surface area (Å²) in [6.45, 7) is 2.43. The van der Waals surface area contributed by atoms with Gasteiger partial charge in [0.15, 0.2) is 0 Å². The average Bonchev–Trinajstić information content (AvgIpc) is 2.80. The Bertz CT molecular complexity index is 869. The van der Waals surface area contributed by atoms with E-state index >= 15 is 0 Å². The van der Waals surface area contributed by atoms with Crippen LogP contribution in [0.2, 0.25) is 0 Å². The largest absolute Gasteiger partial charge is 0.462 e. The van der Waals surface area contributed by atoms with Gasteiger partial charge in [0.25, 0.3) is 0 Å². The third-order valence-corrected chi connectivity index (χ3v) is 5.99. The van der Waals surface area contributed by atoms with Crippen molar-refractivity contribution in [1.82, 2.24) is 0 Å². The van der Waals surface area contributed by atoms with E-state index in [2.05, 4.69) is 22.9 Å². The fraction of sp³-hybridized carbons (Fsp3) is 0.462. The molecular formula is C26H32BrFO4. The molecule has 0 N–H and O–H groups in total. The highest BCUT2D eigenvalue weighted by molar-refractivity contribution is 9.10. The van der Waals surface area contributed by atoms with Gasteiger partial charge in [-0.3, -0.25) is 0 Å². The molecule has 0 bridgehead atoms. The summed E-state index contributed by atoms with van der Waals surface area (Å²) in [5, 5.41) is 0. The van der Waals surface area contributed by atoms with E-state index in [9.17, 15) is 14.0 Å². The SMILES string of the molecule is CCCCCCCCCCCOC(=O)c1ccccc1C(=O)OCc1cc(F)ccc1Br. The number of ether oxygens (including phenoxy) is 2. The van der Waals surface area contributed by atoms with Crippen molar-refractivity contribution < 1.29 is 23.5 Å². The van der Waals surface area contributed by atoms with E-state index in [1.54, 1.807) is 24.3 Å². The topological polar surface area (TPSA) is 52.6 Å². The molecule has 0 atom stereocenters. The summed E-state index contributed by atoms with van der Waals surface area (Å²) in [7, 11) is 0. The first kappa shape index (κ1) is 26.0. The van der Waals surface area contributed by atoms with Gasteiger partial charge in [-0.05, 0) is 36.8 Å². The Labute approximate surface area is 198 Å². The molecule has 2 rings (SSSR count). The van der Waals surface area contributed by atoms with Gasteiger partial charge in [0.05, 0.1) is 17.7 Å². The first-order valence-corrected chi connectivity index (χ1v) is 12.2. The zero-order valence-corrected chi connectivity index (χ0v) is 20.3. The van der Waals surface area contributed by atoms with Crippen LogP contribution in [0.4, 0.5) is 4.39 Å². The molecule has 174 valence electrons. The highest BCUT2D eigenvalue weighted by atomic mass is 79.9. The van der Waals surface area contributed by atoms with Crippen molar-refractivity contribution in [3.8, 4) is 0 Å². The number of hydrogen-bond donors (Lipinski definition) is 0. The molecule has 0 aliphatic rings.